The van der Waals surface area contributed by atoms with E-state index < -0.39 is 10.0 Å². The number of amides is 1. The van der Waals surface area contributed by atoms with E-state index in [2.05, 4.69) is 37.4 Å². The van der Waals surface area contributed by atoms with Crippen molar-refractivity contribution in [2.24, 2.45) is 0 Å². The number of benzene rings is 2. The quantitative estimate of drug-likeness (QED) is 0.547. The number of ether oxygens (including phenoxy) is 1. The molecule has 2 aromatic carbocycles. The minimum atomic E-state index is -3.41. The maximum absolute atomic E-state index is 12.5. The highest BCUT2D eigenvalue weighted by Gasteiger charge is 2.26. The largest absolute Gasteiger partial charge is 0.492 e. The zero-order valence-corrected chi connectivity index (χ0v) is 19.7. The van der Waals surface area contributed by atoms with Crippen LogP contribution in [0.2, 0.25) is 0 Å². The number of hydrogen-bond acceptors (Lipinski definition) is 5. The van der Waals surface area contributed by atoms with Gasteiger partial charge in [0.2, 0.25) is 15.9 Å². The van der Waals surface area contributed by atoms with E-state index in [0.717, 1.165) is 18.6 Å². The van der Waals surface area contributed by atoms with Crippen LogP contribution in [0, 0.1) is 13.8 Å². The molecule has 168 valence electrons. The Labute approximate surface area is 189 Å². The van der Waals surface area contributed by atoms with E-state index in [1.807, 2.05) is 0 Å². The Kier molecular flexibility index (Phi) is 8.40. The van der Waals surface area contributed by atoms with Crippen LogP contribution in [-0.2, 0) is 20.6 Å². The summed E-state index contributed by atoms with van der Waals surface area (Å²) in [7, 11) is -3.41. The van der Waals surface area contributed by atoms with Gasteiger partial charge >= 0.3 is 0 Å². The molecule has 0 aromatic heterocycles. The molecule has 0 unspecified atom stereocenters. The van der Waals surface area contributed by atoms with Crippen LogP contribution in [0.25, 0.3) is 0 Å². The number of carbonyl (C=O) groups is 1. The van der Waals surface area contributed by atoms with Crippen LogP contribution >= 0.6 is 11.8 Å². The summed E-state index contributed by atoms with van der Waals surface area (Å²) in [6.45, 7) is 6.05. The van der Waals surface area contributed by atoms with Crippen molar-refractivity contribution in [2.75, 3.05) is 32.0 Å². The van der Waals surface area contributed by atoms with Crippen LogP contribution in [0.4, 0.5) is 0 Å². The Morgan fingerprint density at radius 3 is 2.35 bits per heavy atom. The molecule has 1 heterocycles. The third kappa shape index (κ3) is 6.98. The summed E-state index contributed by atoms with van der Waals surface area (Å²) < 4.78 is 32.2. The van der Waals surface area contributed by atoms with Crippen molar-refractivity contribution in [2.45, 2.75) is 37.3 Å². The Balaban J connectivity index is 1.35. The van der Waals surface area contributed by atoms with Gasteiger partial charge in [-0.3, -0.25) is 4.79 Å². The van der Waals surface area contributed by atoms with E-state index in [1.54, 1.807) is 36.0 Å². The van der Waals surface area contributed by atoms with Crippen LogP contribution in [0.3, 0.4) is 0 Å². The van der Waals surface area contributed by atoms with E-state index in [9.17, 15) is 13.2 Å². The molecule has 3 rings (SSSR count). The van der Waals surface area contributed by atoms with Gasteiger partial charge in [0.15, 0.2) is 0 Å². The number of thioether (sulfide) groups is 1. The van der Waals surface area contributed by atoms with Crippen molar-refractivity contribution >= 4 is 27.7 Å². The average Bonchev–Trinajstić information content (AvgIpc) is 3.27. The number of sulfonamides is 1. The lowest BCUT2D eigenvalue weighted by Gasteiger charge is -2.15. The predicted octanol–water partition coefficient (Wildman–Crippen LogP) is 3.52. The summed E-state index contributed by atoms with van der Waals surface area (Å²) in [6, 6.07) is 12.9. The molecule has 1 saturated heterocycles. The third-order valence-corrected chi connectivity index (χ3v) is 7.92. The van der Waals surface area contributed by atoms with Crippen LogP contribution in [0.1, 0.15) is 29.5 Å². The summed E-state index contributed by atoms with van der Waals surface area (Å²) in [6.07, 6.45) is 1.83. The highest BCUT2D eigenvalue weighted by molar-refractivity contribution is 7.99. The molecule has 0 radical (unpaired) electrons. The number of nitrogens with one attached hydrogen (secondary N) is 1. The van der Waals surface area contributed by atoms with Gasteiger partial charge in [0.25, 0.3) is 0 Å². The summed E-state index contributed by atoms with van der Waals surface area (Å²) in [5, 5.41) is 2.85. The van der Waals surface area contributed by atoms with Crippen molar-refractivity contribution in [3.8, 4) is 5.75 Å². The first-order valence-electron chi connectivity index (χ1n) is 10.5. The topological polar surface area (TPSA) is 75.7 Å². The lowest BCUT2D eigenvalue weighted by Crippen LogP contribution is -2.29. The van der Waals surface area contributed by atoms with Gasteiger partial charge in [0.05, 0.1) is 17.2 Å². The lowest BCUT2D eigenvalue weighted by atomic mass is 10.1. The zero-order valence-electron chi connectivity index (χ0n) is 18.1. The predicted molar refractivity (Wildman–Crippen MR) is 125 cm³/mol. The third-order valence-electron chi connectivity index (χ3n) is 5.00. The number of carbonyl (C=O) groups excluding carboxylic acids is 1. The van der Waals surface area contributed by atoms with Gasteiger partial charge in [0.1, 0.15) is 12.4 Å². The molecule has 1 amide bonds. The highest BCUT2D eigenvalue weighted by Crippen LogP contribution is 2.23. The SMILES string of the molecule is Cc1cc(C)cc(CSCC(=O)NCCOc2ccc(S(=O)(=O)N3CCCC3)cc2)c1. The lowest BCUT2D eigenvalue weighted by molar-refractivity contribution is -0.118. The normalized spacial score (nSPS) is 14.5. The van der Waals surface area contributed by atoms with Crippen LogP contribution in [0.15, 0.2) is 47.4 Å². The molecule has 1 aliphatic heterocycles. The minimum Gasteiger partial charge on any atom is -0.492 e. The minimum absolute atomic E-state index is 0.0231. The molecular formula is C23H30N2O4S2. The summed E-state index contributed by atoms with van der Waals surface area (Å²) >= 11 is 1.59. The number of hydrogen-bond donors (Lipinski definition) is 1. The molecule has 0 atom stereocenters. The molecule has 0 spiro atoms. The molecular weight excluding hydrogens is 432 g/mol. The Morgan fingerprint density at radius 1 is 1.06 bits per heavy atom. The molecule has 31 heavy (non-hydrogen) atoms. The molecule has 6 nitrogen and oxygen atoms in total. The zero-order chi connectivity index (χ0) is 22.3. The van der Waals surface area contributed by atoms with Gasteiger partial charge in [-0.25, -0.2) is 8.42 Å². The Bertz CT molecular complexity index is 965. The molecule has 0 bridgehead atoms. The van der Waals surface area contributed by atoms with Crippen molar-refractivity contribution in [3.05, 3.63) is 59.2 Å². The van der Waals surface area contributed by atoms with Crippen LogP contribution < -0.4 is 10.1 Å². The van der Waals surface area contributed by atoms with Crippen LogP contribution in [0.5, 0.6) is 5.75 Å². The van der Waals surface area contributed by atoms with Gasteiger partial charge in [-0.15, -0.1) is 11.8 Å². The van der Waals surface area contributed by atoms with E-state index >= 15 is 0 Å². The second kappa shape index (κ2) is 11.0. The van der Waals surface area contributed by atoms with Gasteiger partial charge in [-0.2, -0.15) is 4.31 Å². The number of nitrogens with zero attached hydrogens (tertiary/aromatic N) is 1. The van der Waals surface area contributed by atoms with Crippen molar-refractivity contribution < 1.29 is 17.9 Å². The molecule has 1 N–H and O–H groups in total. The summed E-state index contributed by atoms with van der Waals surface area (Å²) in [5.41, 5.74) is 3.70. The van der Waals surface area contributed by atoms with E-state index in [-0.39, 0.29) is 10.8 Å². The monoisotopic (exact) mass is 462 g/mol. The van der Waals surface area contributed by atoms with Crippen LogP contribution in [-0.4, -0.2) is 50.6 Å². The Morgan fingerprint density at radius 2 is 1.71 bits per heavy atom. The standard InChI is InChI=1S/C23H30N2O4S2/c1-18-13-19(2)15-20(14-18)16-30-17-23(26)24-9-12-29-21-5-7-22(8-6-21)31(27,28)25-10-3-4-11-25/h5-8,13-15H,3-4,9-12,16-17H2,1-2H3,(H,24,26). The molecule has 1 aliphatic rings. The van der Waals surface area contributed by atoms with Crippen molar-refractivity contribution in [3.63, 3.8) is 0 Å². The van der Waals surface area contributed by atoms with Gasteiger partial charge < -0.3 is 10.1 Å². The second-order valence-corrected chi connectivity index (χ2v) is 10.7. The fourth-order valence-electron chi connectivity index (χ4n) is 3.61. The first kappa shape index (κ1) is 23.6. The molecule has 8 heteroatoms. The maximum atomic E-state index is 12.5. The highest BCUT2D eigenvalue weighted by atomic mass is 32.2. The van der Waals surface area contributed by atoms with Gasteiger partial charge in [0, 0.05) is 18.8 Å². The van der Waals surface area contributed by atoms with Crippen molar-refractivity contribution in [1.29, 1.82) is 0 Å². The fourth-order valence-corrected chi connectivity index (χ4v) is 5.92. The molecule has 1 fully saturated rings. The second-order valence-electron chi connectivity index (χ2n) is 7.77. The van der Waals surface area contributed by atoms with Crippen molar-refractivity contribution in [1.82, 2.24) is 9.62 Å². The Hall–Kier alpha value is -2.03. The first-order chi connectivity index (χ1) is 14.8. The number of rotatable bonds is 10. The smallest absolute Gasteiger partial charge is 0.243 e. The number of aryl methyl sites for hydroxylation is 2. The summed E-state index contributed by atoms with van der Waals surface area (Å²) in [5.74, 6) is 1.76. The fraction of sp³-hybridized carbons (Fsp3) is 0.435. The van der Waals surface area contributed by atoms with E-state index in [1.165, 1.54) is 21.0 Å². The summed E-state index contributed by atoms with van der Waals surface area (Å²) in [4.78, 5) is 12.3. The molecule has 0 saturated carbocycles. The van der Waals surface area contributed by atoms with Gasteiger partial charge in [-0.05, 0) is 56.5 Å². The first-order valence-corrected chi connectivity index (χ1v) is 13.1. The molecule has 2 aromatic rings. The van der Waals surface area contributed by atoms with Gasteiger partial charge in [-0.1, -0.05) is 29.3 Å². The molecule has 0 aliphatic carbocycles. The average molecular weight is 463 g/mol. The van der Waals surface area contributed by atoms with E-state index in [0.29, 0.717) is 37.7 Å². The van der Waals surface area contributed by atoms with E-state index in [4.69, 9.17) is 4.74 Å². The maximum Gasteiger partial charge on any atom is 0.243 e.